The Labute approximate surface area is 156 Å². The molecule has 1 atom stereocenters. The van der Waals surface area contributed by atoms with Gasteiger partial charge in [-0.15, -0.1) is 0 Å². The average molecular weight is 382 g/mol. The van der Waals surface area contributed by atoms with E-state index in [9.17, 15) is 14.0 Å². The van der Waals surface area contributed by atoms with Crippen LogP contribution >= 0.6 is 11.6 Å². The van der Waals surface area contributed by atoms with Crippen LogP contribution < -0.4 is 10.6 Å². The molecule has 2 aromatic rings. The van der Waals surface area contributed by atoms with E-state index < -0.39 is 11.7 Å². The SMILES string of the molecule is CN(C)C(CNC(=O)CCNC(=O)c1ccc(F)cc1Cl)c1ccco1. The second-order valence-corrected chi connectivity index (χ2v) is 6.34. The van der Waals surface area contributed by atoms with E-state index in [4.69, 9.17) is 16.0 Å². The summed E-state index contributed by atoms with van der Waals surface area (Å²) in [5.74, 6) is -0.411. The highest BCUT2D eigenvalue weighted by Gasteiger charge is 2.18. The smallest absolute Gasteiger partial charge is 0.252 e. The minimum absolute atomic E-state index is 0.0271. The quantitative estimate of drug-likeness (QED) is 0.737. The number of hydrogen-bond acceptors (Lipinski definition) is 4. The Balaban J connectivity index is 1.77. The number of hydrogen-bond donors (Lipinski definition) is 2. The first-order valence-electron chi connectivity index (χ1n) is 8.08. The van der Waals surface area contributed by atoms with Gasteiger partial charge in [0.15, 0.2) is 0 Å². The van der Waals surface area contributed by atoms with E-state index in [-0.39, 0.29) is 35.5 Å². The van der Waals surface area contributed by atoms with Crippen LogP contribution in [0, 0.1) is 5.82 Å². The largest absolute Gasteiger partial charge is 0.468 e. The lowest BCUT2D eigenvalue weighted by molar-refractivity contribution is -0.121. The number of carbonyl (C=O) groups excluding carboxylic acids is 2. The van der Waals surface area contributed by atoms with Gasteiger partial charge < -0.3 is 15.1 Å². The predicted octanol–water partition coefficient (Wildman–Crippen LogP) is 2.61. The van der Waals surface area contributed by atoms with E-state index in [2.05, 4.69) is 10.6 Å². The van der Waals surface area contributed by atoms with Gasteiger partial charge in [-0.1, -0.05) is 11.6 Å². The molecule has 26 heavy (non-hydrogen) atoms. The maximum absolute atomic E-state index is 13.0. The van der Waals surface area contributed by atoms with E-state index in [0.29, 0.717) is 6.54 Å². The Morgan fingerprint density at radius 2 is 2.04 bits per heavy atom. The van der Waals surface area contributed by atoms with Crippen molar-refractivity contribution >= 4 is 23.4 Å². The summed E-state index contributed by atoms with van der Waals surface area (Å²) in [4.78, 5) is 25.9. The molecule has 1 heterocycles. The maximum atomic E-state index is 13.0. The van der Waals surface area contributed by atoms with Crippen molar-refractivity contribution in [2.45, 2.75) is 12.5 Å². The van der Waals surface area contributed by atoms with Crippen molar-refractivity contribution < 1.29 is 18.4 Å². The summed E-state index contributed by atoms with van der Waals surface area (Å²) in [6.07, 6.45) is 1.70. The van der Waals surface area contributed by atoms with Crippen LogP contribution in [-0.4, -0.2) is 43.9 Å². The van der Waals surface area contributed by atoms with Gasteiger partial charge in [-0.25, -0.2) is 4.39 Å². The highest BCUT2D eigenvalue weighted by Crippen LogP contribution is 2.18. The lowest BCUT2D eigenvalue weighted by Gasteiger charge is -2.22. The number of rotatable bonds is 8. The van der Waals surface area contributed by atoms with Crippen molar-refractivity contribution in [3.05, 3.63) is 58.8 Å². The van der Waals surface area contributed by atoms with Crippen molar-refractivity contribution in [3.8, 4) is 0 Å². The molecule has 0 saturated heterocycles. The molecule has 2 rings (SSSR count). The molecule has 1 unspecified atom stereocenters. The molecule has 0 fully saturated rings. The minimum atomic E-state index is -0.516. The monoisotopic (exact) mass is 381 g/mol. The Hall–Kier alpha value is -2.38. The molecule has 0 radical (unpaired) electrons. The molecule has 140 valence electrons. The molecule has 1 aromatic heterocycles. The Morgan fingerprint density at radius 1 is 1.27 bits per heavy atom. The summed E-state index contributed by atoms with van der Waals surface area (Å²) in [7, 11) is 3.79. The van der Waals surface area contributed by atoms with E-state index in [1.807, 2.05) is 25.1 Å². The second-order valence-electron chi connectivity index (χ2n) is 5.93. The fourth-order valence-corrected chi connectivity index (χ4v) is 2.63. The zero-order valence-corrected chi connectivity index (χ0v) is 15.3. The van der Waals surface area contributed by atoms with E-state index in [1.54, 1.807) is 12.3 Å². The number of amides is 2. The van der Waals surface area contributed by atoms with Gasteiger partial charge in [0.25, 0.3) is 5.91 Å². The van der Waals surface area contributed by atoms with Crippen molar-refractivity contribution in [1.82, 2.24) is 15.5 Å². The number of likely N-dealkylation sites (N-methyl/N-ethyl adjacent to an activating group) is 1. The summed E-state index contributed by atoms with van der Waals surface area (Å²) in [5, 5.41) is 5.44. The fourth-order valence-electron chi connectivity index (χ4n) is 2.38. The van der Waals surface area contributed by atoms with Gasteiger partial charge in [0, 0.05) is 19.5 Å². The lowest BCUT2D eigenvalue weighted by Crippen LogP contribution is -2.36. The zero-order chi connectivity index (χ0) is 19.1. The molecule has 0 saturated carbocycles. The van der Waals surface area contributed by atoms with Gasteiger partial charge >= 0.3 is 0 Å². The first kappa shape index (κ1) is 19.9. The Bertz CT molecular complexity index is 750. The molecule has 0 spiro atoms. The Morgan fingerprint density at radius 3 is 2.65 bits per heavy atom. The van der Waals surface area contributed by atoms with Crippen molar-refractivity contribution in [1.29, 1.82) is 0 Å². The molecular formula is C18H21ClFN3O3. The number of nitrogens with one attached hydrogen (secondary N) is 2. The maximum Gasteiger partial charge on any atom is 0.252 e. The number of halogens is 2. The average Bonchev–Trinajstić information content (AvgIpc) is 3.08. The molecule has 1 aromatic carbocycles. The van der Waals surface area contributed by atoms with Crippen LogP contribution in [0.1, 0.15) is 28.6 Å². The highest BCUT2D eigenvalue weighted by atomic mass is 35.5. The summed E-state index contributed by atoms with van der Waals surface area (Å²) in [5.41, 5.74) is 0.166. The van der Waals surface area contributed by atoms with E-state index in [0.717, 1.165) is 17.9 Å². The molecule has 0 aliphatic heterocycles. The molecule has 0 bridgehead atoms. The van der Waals surface area contributed by atoms with Crippen molar-refractivity contribution in [3.63, 3.8) is 0 Å². The summed E-state index contributed by atoms with van der Waals surface area (Å²) < 4.78 is 18.4. The number of nitrogens with zero attached hydrogens (tertiary/aromatic N) is 1. The lowest BCUT2D eigenvalue weighted by atomic mass is 10.2. The predicted molar refractivity (Wildman–Crippen MR) is 96.5 cm³/mol. The fraction of sp³-hybridized carbons (Fsp3) is 0.333. The van der Waals surface area contributed by atoms with Gasteiger partial charge in [0.1, 0.15) is 11.6 Å². The normalized spacial score (nSPS) is 12.0. The molecule has 6 nitrogen and oxygen atoms in total. The van der Waals surface area contributed by atoms with Gasteiger partial charge in [-0.3, -0.25) is 14.5 Å². The molecule has 2 amide bonds. The summed E-state index contributed by atoms with van der Waals surface area (Å²) in [6, 6.07) is 7.09. The van der Waals surface area contributed by atoms with Gasteiger partial charge in [0.2, 0.25) is 5.91 Å². The van der Waals surface area contributed by atoms with Crippen LogP contribution in [0.5, 0.6) is 0 Å². The van der Waals surface area contributed by atoms with Gasteiger partial charge in [0.05, 0.1) is 22.9 Å². The Kier molecular flexibility index (Phi) is 7.17. The highest BCUT2D eigenvalue weighted by molar-refractivity contribution is 6.33. The summed E-state index contributed by atoms with van der Waals surface area (Å²) >= 11 is 5.84. The zero-order valence-electron chi connectivity index (χ0n) is 14.6. The molecule has 0 aliphatic carbocycles. The van der Waals surface area contributed by atoms with E-state index in [1.165, 1.54) is 6.07 Å². The topological polar surface area (TPSA) is 74.6 Å². The van der Waals surface area contributed by atoms with Gasteiger partial charge in [-0.05, 0) is 44.4 Å². The van der Waals surface area contributed by atoms with Gasteiger partial charge in [-0.2, -0.15) is 0 Å². The van der Waals surface area contributed by atoms with Crippen LogP contribution in [-0.2, 0) is 4.79 Å². The first-order valence-corrected chi connectivity index (χ1v) is 8.46. The van der Waals surface area contributed by atoms with Crippen molar-refractivity contribution in [2.75, 3.05) is 27.2 Å². The van der Waals surface area contributed by atoms with E-state index >= 15 is 0 Å². The molecule has 0 aliphatic rings. The number of carbonyl (C=O) groups is 2. The third kappa shape index (κ3) is 5.57. The third-order valence-corrected chi connectivity index (χ3v) is 4.11. The van der Waals surface area contributed by atoms with Crippen molar-refractivity contribution in [2.24, 2.45) is 0 Å². The second kappa shape index (κ2) is 9.35. The molecule has 8 heteroatoms. The molecular weight excluding hydrogens is 361 g/mol. The minimum Gasteiger partial charge on any atom is -0.468 e. The van der Waals surface area contributed by atoms with Crippen LogP contribution in [0.4, 0.5) is 4.39 Å². The van der Waals surface area contributed by atoms with Crippen LogP contribution in [0.15, 0.2) is 41.0 Å². The number of benzene rings is 1. The summed E-state index contributed by atoms with van der Waals surface area (Å²) in [6.45, 7) is 0.531. The van der Waals surface area contributed by atoms with Crippen LogP contribution in [0.25, 0.3) is 0 Å². The van der Waals surface area contributed by atoms with Crippen LogP contribution in [0.3, 0.4) is 0 Å². The number of furan rings is 1. The first-order chi connectivity index (χ1) is 12.4. The molecule has 2 N–H and O–H groups in total. The third-order valence-electron chi connectivity index (χ3n) is 3.80. The standard InChI is InChI=1S/C18H21ClFN3O3/c1-23(2)15(16-4-3-9-26-16)11-22-17(24)7-8-21-18(25)13-6-5-12(20)10-14(13)19/h3-6,9-10,15H,7-8,11H2,1-2H3,(H,21,25)(H,22,24). The van der Waals surface area contributed by atoms with Crippen LogP contribution in [0.2, 0.25) is 5.02 Å².